The Balaban J connectivity index is 1.85. The average molecular weight is 271 g/mol. The standard InChI is InChI=1S/C12H16O2Se/c1-9-2-4-10(5-3-9)6-14-12-8-15-7-11(12)13/h2-5,11-13H,6-8H2,1H3/t11-,12-/m0/s1. The fraction of sp³-hybridized carbons (Fsp3) is 0.500. The normalized spacial score (nSPS) is 25.7. The van der Waals surface area contributed by atoms with Crippen molar-refractivity contribution in [3.8, 4) is 0 Å². The van der Waals surface area contributed by atoms with Gasteiger partial charge < -0.3 is 0 Å². The van der Waals surface area contributed by atoms with Crippen molar-refractivity contribution < 1.29 is 9.84 Å². The predicted molar refractivity (Wildman–Crippen MR) is 61.1 cm³/mol. The molecule has 1 aromatic rings. The van der Waals surface area contributed by atoms with E-state index in [0.29, 0.717) is 21.6 Å². The molecule has 0 amide bonds. The topological polar surface area (TPSA) is 29.5 Å². The maximum atomic E-state index is 9.60. The molecule has 0 bridgehead atoms. The van der Waals surface area contributed by atoms with Crippen LogP contribution in [-0.4, -0.2) is 32.3 Å². The SMILES string of the molecule is Cc1ccc(CO[C@H]2C[Se]C[C@@H]2O)cc1. The zero-order valence-corrected chi connectivity index (χ0v) is 10.6. The van der Waals surface area contributed by atoms with Gasteiger partial charge in [-0.05, 0) is 0 Å². The van der Waals surface area contributed by atoms with E-state index in [1.165, 1.54) is 11.1 Å². The summed E-state index contributed by atoms with van der Waals surface area (Å²) in [5.74, 6) is 0. The van der Waals surface area contributed by atoms with Crippen molar-refractivity contribution in [2.24, 2.45) is 0 Å². The van der Waals surface area contributed by atoms with Crippen LogP contribution in [0.25, 0.3) is 0 Å². The predicted octanol–water partition coefficient (Wildman–Crippen LogP) is 1.80. The number of benzene rings is 1. The van der Waals surface area contributed by atoms with Crippen LogP contribution in [0.5, 0.6) is 0 Å². The molecule has 0 aromatic heterocycles. The van der Waals surface area contributed by atoms with Gasteiger partial charge in [0.05, 0.1) is 0 Å². The van der Waals surface area contributed by atoms with Gasteiger partial charge in [-0.1, -0.05) is 0 Å². The zero-order chi connectivity index (χ0) is 10.7. The fourth-order valence-electron chi connectivity index (χ4n) is 1.57. The number of aryl methyl sites for hydroxylation is 1. The van der Waals surface area contributed by atoms with Gasteiger partial charge in [-0.2, -0.15) is 0 Å². The summed E-state index contributed by atoms with van der Waals surface area (Å²) in [4.78, 5) is 0. The minimum atomic E-state index is -0.226. The molecular formula is C12H16O2Se. The van der Waals surface area contributed by atoms with Crippen LogP contribution < -0.4 is 0 Å². The molecule has 82 valence electrons. The van der Waals surface area contributed by atoms with Crippen molar-refractivity contribution in [1.82, 2.24) is 0 Å². The van der Waals surface area contributed by atoms with E-state index in [1.54, 1.807) is 0 Å². The summed E-state index contributed by atoms with van der Waals surface area (Å²) >= 11 is 0.581. The Bertz CT molecular complexity index is 310. The Labute approximate surface area is 96.8 Å². The molecule has 1 aliphatic rings. The molecule has 0 radical (unpaired) electrons. The number of ether oxygens (including phenoxy) is 1. The van der Waals surface area contributed by atoms with Gasteiger partial charge in [0.1, 0.15) is 0 Å². The summed E-state index contributed by atoms with van der Waals surface area (Å²) in [6.07, 6.45) is -0.151. The van der Waals surface area contributed by atoms with Crippen molar-refractivity contribution in [2.75, 3.05) is 0 Å². The van der Waals surface area contributed by atoms with Gasteiger partial charge in [-0.3, -0.25) is 0 Å². The third kappa shape index (κ3) is 3.05. The Kier molecular flexibility index (Phi) is 3.81. The number of rotatable bonds is 3. The van der Waals surface area contributed by atoms with Gasteiger partial charge in [0.25, 0.3) is 0 Å². The first-order valence-electron chi connectivity index (χ1n) is 5.18. The molecule has 1 aromatic carbocycles. The molecule has 1 fully saturated rings. The van der Waals surface area contributed by atoms with E-state index in [2.05, 4.69) is 31.2 Å². The molecule has 1 N–H and O–H groups in total. The molecule has 1 saturated heterocycles. The third-order valence-corrected chi connectivity index (χ3v) is 4.98. The molecule has 2 nitrogen and oxygen atoms in total. The summed E-state index contributed by atoms with van der Waals surface area (Å²) in [5.41, 5.74) is 2.45. The molecule has 2 atom stereocenters. The van der Waals surface area contributed by atoms with Gasteiger partial charge in [-0.15, -0.1) is 0 Å². The monoisotopic (exact) mass is 272 g/mol. The summed E-state index contributed by atoms with van der Waals surface area (Å²) in [7, 11) is 0. The minimum absolute atomic E-state index is 0.0753. The van der Waals surface area contributed by atoms with Crippen LogP contribution in [0.4, 0.5) is 0 Å². The summed E-state index contributed by atoms with van der Waals surface area (Å²) in [6.45, 7) is 2.70. The number of hydrogen-bond acceptors (Lipinski definition) is 2. The van der Waals surface area contributed by atoms with E-state index >= 15 is 0 Å². The summed E-state index contributed by atoms with van der Waals surface area (Å²) < 4.78 is 5.71. The summed E-state index contributed by atoms with van der Waals surface area (Å²) in [5, 5.41) is 11.6. The number of aliphatic hydroxyl groups excluding tert-OH is 1. The van der Waals surface area contributed by atoms with Crippen LogP contribution in [0.3, 0.4) is 0 Å². The molecule has 0 unspecified atom stereocenters. The molecule has 0 aliphatic carbocycles. The first-order valence-corrected chi connectivity index (χ1v) is 7.61. The van der Waals surface area contributed by atoms with Gasteiger partial charge in [0.15, 0.2) is 0 Å². The van der Waals surface area contributed by atoms with Crippen molar-refractivity contribution >= 4 is 15.0 Å². The van der Waals surface area contributed by atoms with Gasteiger partial charge in [0, 0.05) is 0 Å². The van der Waals surface area contributed by atoms with Gasteiger partial charge in [-0.25, -0.2) is 0 Å². The zero-order valence-electron chi connectivity index (χ0n) is 8.85. The maximum absolute atomic E-state index is 9.60. The molecular weight excluding hydrogens is 255 g/mol. The van der Waals surface area contributed by atoms with E-state index in [9.17, 15) is 5.11 Å². The Morgan fingerprint density at radius 1 is 1.33 bits per heavy atom. The van der Waals surface area contributed by atoms with Crippen molar-refractivity contribution in [2.45, 2.75) is 36.4 Å². The first-order chi connectivity index (χ1) is 7.25. The molecule has 0 saturated carbocycles. The quantitative estimate of drug-likeness (QED) is 0.849. The van der Waals surface area contributed by atoms with Crippen LogP contribution in [0.1, 0.15) is 11.1 Å². The average Bonchev–Trinajstić information content (AvgIpc) is 2.63. The van der Waals surface area contributed by atoms with E-state index in [1.807, 2.05) is 0 Å². The Hall–Kier alpha value is -0.341. The van der Waals surface area contributed by atoms with Crippen LogP contribution in [-0.2, 0) is 11.3 Å². The van der Waals surface area contributed by atoms with Gasteiger partial charge >= 0.3 is 96.6 Å². The van der Waals surface area contributed by atoms with Crippen LogP contribution in [0, 0.1) is 6.92 Å². The second-order valence-electron chi connectivity index (χ2n) is 3.94. The summed E-state index contributed by atoms with van der Waals surface area (Å²) in [6, 6.07) is 8.35. The van der Waals surface area contributed by atoms with Crippen molar-refractivity contribution in [3.63, 3.8) is 0 Å². The van der Waals surface area contributed by atoms with E-state index < -0.39 is 0 Å². The third-order valence-electron chi connectivity index (χ3n) is 2.58. The number of aliphatic hydroxyl groups is 1. The second kappa shape index (κ2) is 5.13. The fourth-order valence-corrected chi connectivity index (χ4v) is 3.97. The number of hydrogen-bond donors (Lipinski definition) is 1. The molecule has 1 aliphatic heterocycles. The van der Waals surface area contributed by atoms with Crippen LogP contribution >= 0.6 is 0 Å². The van der Waals surface area contributed by atoms with Crippen molar-refractivity contribution in [1.29, 1.82) is 0 Å². The van der Waals surface area contributed by atoms with E-state index in [-0.39, 0.29) is 12.2 Å². The Morgan fingerprint density at radius 2 is 2.07 bits per heavy atom. The van der Waals surface area contributed by atoms with Gasteiger partial charge in [0.2, 0.25) is 0 Å². The molecule has 3 heteroatoms. The Morgan fingerprint density at radius 3 is 2.67 bits per heavy atom. The molecule has 0 spiro atoms. The van der Waals surface area contributed by atoms with E-state index in [0.717, 1.165) is 10.6 Å². The first kappa shape index (κ1) is 11.2. The molecule has 1 heterocycles. The van der Waals surface area contributed by atoms with Crippen LogP contribution in [0.15, 0.2) is 24.3 Å². The molecule has 2 rings (SSSR count). The molecule has 15 heavy (non-hydrogen) atoms. The van der Waals surface area contributed by atoms with Crippen molar-refractivity contribution in [3.05, 3.63) is 35.4 Å². The van der Waals surface area contributed by atoms with Crippen LogP contribution in [0.2, 0.25) is 10.6 Å². The second-order valence-corrected chi connectivity index (χ2v) is 6.20. The van der Waals surface area contributed by atoms with E-state index in [4.69, 9.17) is 4.74 Å².